The van der Waals surface area contributed by atoms with Gasteiger partial charge in [0.1, 0.15) is 11.5 Å². The predicted molar refractivity (Wildman–Crippen MR) is 108 cm³/mol. The van der Waals surface area contributed by atoms with Gasteiger partial charge in [-0.05, 0) is 48.5 Å². The molecule has 5 nitrogen and oxygen atoms in total. The first-order chi connectivity index (χ1) is 14.2. The Bertz CT molecular complexity index is 1370. The molecular formula is C23H14FN5. The van der Waals surface area contributed by atoms with Crippen LogP contribution in [0, 0.1) is 17.1 Å². The molecule has 5 aromatic rings. The molecule has 0 aliphatic heterocycles. The number of benzene rings is 2. The number of hydrogen-bond donors (Lipinski definition) is 1. The highest BCUT2D eigenvalue weighted by Crippen LogP contribution is 2.31. The molecule has 0 bridgehead atoms. The molecule has 29 heavy (non-hydrogen) atoms. The molecule has 3 aromatic heterocycles. The van der Waals surface area contributed by atoms with Crippen LogP contribution in [0.15, 0.2) is 79.3 Å². The molecule has 5 rings (SSSR count). The molecule has 3 heterocycles. The number of hydrogen-bond acceptors (Lipinski definition) is 3. The first-order valence-electron chi connectivity index (χ1n) is 9.01. The third-order valence-corrected chi connectivity index (χ3v) is 4.86. The van der Waals surface area contributed by atoms with Crippen molar-refractivity contribution in [1.82, 2.24) is 19.6 Å². The minimum absolute atomic E-state index is 0.282. The lowest BCUT2D eigenvalue weighted by molar-refractivity contribution is 0.628. The third-order valence-electron chi connectivity index (χ3n) is 4.86. The molecule has 0 radical (unpaired) electrons. The van der Waals surface area contributed by atoms with Crippen molar-refractivity contribution >= 4 is 5.65 Å². The molecule has 0 amide bonds. The van der Waals surface area contributed by atoms with Crippen molar-refractivity contribution in [2.24, 2.45) is 0 Å². The van der Waals surface area contributed by atoms with Crippen molar-refractivity contribution in [1.29, 1.82) is 5.26 Å². The highest BCUT2D eigenvalue weighted by Gasteiger charge is 2.13. The van der Waals surface area contributed by atoms with Crippen LogP contribution < -0.4 is 0 Å². The SMILES string of the molecule is N#Cc1cccc(-c2cnc3ccc(-c4c[nH]nc4-c4ccc(F)cc4)cn23)c1. The summed E-state index contributed by atoms with van der Waals surface area (Å²) in [5.74, 6) is -0.282. The molecule has 0 aliphatic rings. The lowest BCUT2D eigenvalue weighted by Crippen LogP contribution is -1.91. The zero-order valence-corrected chi connectivity index (χ0v) is 15.2. The predicted octanol–water partition coefficient (Wildman–Crippen LogP) is 5.07. The van der Waals surface area contributed by atoms with Crippen LogP contribution in [0.5, 0.6) is 0 Å². The van der Waals surface area contributed by atoms with Crippen molar-refractivity contribution in [2.75, 3.05) is 0 Å². The van der Waals surface area contributed by atoms with Gasteiger partial charge in [-0.3, -0.25) is 9.50 Å². The number of halogens is 1. The lowest BCUT2D eigenvalue weighted by Gasteiger charge is -2.07. The van der Waals surface area contributed by atoms with Crippen LogP contribution in [0.25, 0.3) is 39.3 Å². The molecule has 0 atom stereocenters. The molecule has 0 saturated carbocycles. The number of nitrogens with one attached hydrogen (secondary N) is 1. The highest BCUT2D eigenvalue weighted by molar-refractivity contribution is 5.81. The van der Waals surface area contributed by atoms with E-state index in [9.17, 15) is 9.65 Å². The smallest absolute Gasteiger partial charge is 0.137 e. The molecule has 6 heteroatoms. The number of H-pyrrole nitrogens is 1. The van der Waals surface area contributed by atoms with Gasteiger partial charge in [0, 0.05) is 34.6 Å². The molecule has 0 unspecified atom stereocenters. The van der Waals surface area contributed by atoms with Gasteiger partial charge in [-0.2, -0.15) is 10.4 Å². The number of fused-ring (bicyclic) bond motifs is 1. The summed E-state index contributed by atoms with van der Waals surface area (Å²) in [5, 5.41) is 16.5. The van der Waals surface area contributed by atoms with Gasteiger partial charge >= 0.3 is 0 Å². The van der Waals surface area contributed by atoms with Crippen molar-refractivity contribution in [3.05, 3.63) is 90.6 Å². The Morgan fingerprint density at radius 1 is 0.966 bits per heavy atom. The second kappa shape index (κ2) is 6.73. The molecule has 0 saturated heterocycles. The minimum atomic E-state index is -0.282. The second-order valence-corrected chi connectivity index (χ2v) is 6.64. The van der Waals surface area contributed by atoms with Crippen LogP contribution in [0.3, 0.4) is 0 Å². The van der Waals surface area contributed by atoms with Crippen LogP contribution in [-0.4, -0.2) is 19.6 Å². The van der Waals surface area contributed by atoms with E-state index >= 15 is 0 Å². The highest BCUT2D eigenvalue weighted by atomic mass is 19.1. The maximum absolute atomic E-state index is 13.3. The van der Waals surface area contributed by atoms with E-state index in [-0.39, 0.29) is 5.82 Å². The molecule has 0 fully saturated rings. The summed E-state index contributed by atoms with van der Waals surface area (Å²) < 4.78 is 15.3. The zero-order valence-electron chi connectivity index (χ0n) is 15.2. The summed E-state index contributed by atoms with van der Waals surface area (Å²) >= 11 is 0. The van der Waals surface area contributed by atoms with Gasteiger partial charge in [0.25, 0.3) is 0 Å². The normalized spacial score (nSPS) is 10.9. The topological polar surface area (TPSA) is 69.8 Å². The maximum Gasteiger partial charge on any atom is 0.137 e. The van der Waals surface area contributed by atoms with Crippen LogP contribution in [-0.2, 0) is 0 Å². The summed E-state index contributed by atoms with van der Waals surface area (Å²) in [4.78, 5) is 4.48. The van der Waals surface area contributed by atoms with Crippen molar-refractivity contribution in [3.8, 4) is 39.7 Å². The Hall–Kier alpha value is -4.24. The Morgan fingerprint density at radius 3 is 2.62 bits per heavy atom. The summed E-state index contributed by atoms with van der Waals surface area (Å²) in [6.45, 7) is 0. The number of rotatable bonds is 3. The number of pyridine rings is 1. The first-order valence-corrected chi connectivity index (χ1v) is 9.01. The molecule has 2 aromatic carbocycles. The van der Waals surface area contributed by atoms with Gasteiger partial charge in [-0.15, -0.1) is 0 Å². The van der Waals surface area contributed by atoms with Gasteiger partial charge in [0.2, 0.25) is 0 Å². The maximum atomic E-state index is 13.3. The van der Waals surface area contributed by atoms with Gasteiger partial charge in [-0.1, -0.05) is 12.1 Å². The molecule has 0 aliphatic carbocycles. The summed E-state index contributed by atoms with van der Waals surface area (Å²) in [6.07, 6.45) is 5.62. The zero-order chi connectivity index (χ0) is 19.8. The fourth-order valence-corrected chi connectivity index (χ4v) is 3.44. The van der Waals surface area contributed by atoms with E-state index in [1.807, 2.05) is 47.1 Å². The van der Waals surface area contributed by atoms with Crippen molar-refractivity contribution in [3.63, 3.8) is 0 Å². The van der Waals surface area contributed by atoms with E-state index in [4.69, 9.17) is 0 Å². The summed E-state index contributed by atoms with van der Waals surface area (Å²) in [6, 6.07) is 19.8. The average Bonchev–Trinajstić information content (AvgIpc) is 3.41. The van der Waals surface area contributed by atoms with Gasteiger partial charge in [0.05, 0.1) is 29.2 Å². The van der Waals surface area contributed by atoms with E-state index < -0.39 is 0 Å². The van der Waals surface area contributed by atoms with E-state index in [0.29, 0.717) is 5.56 Å². The van der Waals surface area contributed by atoms with Gasteiger partial charge < -0.3 is 0 Å². The molecule has 0 spiro atoms. The lowest BCUT2D eigenvalue weighted by atomic mass is 10.0. The number of nitrogens with zero attached hydrogens (tertiary/aromatic N) is 4. The van der Waals surface area contributed by atoms with Crippen LogP contribution in [0.1, 0.15) is 5.56 Å². The largest absolute Gasteiger partial charge is 0.299 e. The fourth-order valence-electron chi connectivity index (χ4n) is 3.44. The number of imidazole rings is 1. The van der Waals surface area contributed by atoms with Crippen LogP contribution in [0.2, 0.25) is 0 Å². The van der Waals surface area contributed by atoms with Crippen LogP contribution >= 0.6 is 0 Å². The Labute approximate surface area is 165 Å². The van der Waals surface area contributed by atoms with E-state index in [1.165, 1.54) is 12.1 Å². The average molecular weight is 379 g/mol. The quantitative estimate of drug-likeness (QED) is 0.476. The molecule has 138 valence electrons. The first kappa shape index (κ1) is 16.9. The minimum Gasteiger partial charge on any atom is -0.299 e. The summed E-state index contributed by atoms with van der Waals surface area (Å²) in [7, 11) is 0. The Balaban J connectivity index is 1.64. The number of nitriles is 1. The second-order valence-electron chi connectivity index (χ2n) is 6.64. The van der Waals surface area contributed by atoms with E-state index in [0.717, 1.165) is 39.3 Å². The number of aromatic amines is 1. The van der Waals surface area contributed by atoms with E-state index in [1.54, 1.807) is 24.4 Å². The van der Waals surface area contributed by atoms with Crippen molar-refractivity contribution < 1.29 is 4.39 Å². The Kier molecular flexibility index (Phi) is 3.92. The molecular weight excluding hydrogens is 365 g/mol. The van der Waals surface area contributed by atoms with Crippen LogP contribution in [0.4, 0.5) is 4.39 Å². The number of aromatic nitrogens is 4. The van der Waals surface area contributed by atoms with E-state index in [2.05, 4.69) is 21.3 Å². The summed E-state index contributed by atoms with van der Waals surface area (Å²) in [5.41, 5.74) is 6.64. The molecule has 1 N–H and O–H groups in total. The Morgan fingerprint density at radius 2 is 1.79 bits per heavy atom. The fraction of sp³-hybridized carbons (Fsp3) is 0. The third kappa shape index (κ3) is 2.95. The monoisotopic (exact) mass is 379 g/mol. The van der Waals surface area contributed by atoms with Crippen molar-refractivity contribution in [2.45, 2.75) is 0 Å². The van der Waals surface area contributed by atoms with Gasteiger partial charge in [-0.25, -0.2) is 9.37 Å². The standard InChI is InChI=1S/C23H14FN5/c24-19-7-4-16(5-8-19)23-20(12-27-28-23)18-6-9-22-26-13-21(29(22)14-18)17-3-1-2-15(10-17)11-25/h1-10,12-14H,(H,27,28). The van der Waals surface area contributed by atoms with Gasteiger partial charge in [0.15, 0.2) is 0 Å².